The zero-order valence-corrected chi connectivity index (χ0v) is 10.7. The fourth-order valence-electron chi connectivity index (χ4n) is 2.18. The van der Waals surface area contributed by atoms with Crippen molar-refractivity contribution in [3.8, 4) is 0 Å². The van der Waals surface area contributed by atoms with Crippen LogP contribution in [0, 0.1) is 0 Å². The maximum Gasteiger partial charge on any atom is 0.281 e. The van der Waals surface area contributed by atoms with Crippen LogP contribution in [0.5, 0.6) is 0 Å². The van der Waals surface area contributed by atoms with Crippen LogP contribution < -0.4 is 10.3 Å². The van der Waals surface area contributed by atoms with Gasteiger partial charge in [-0.25, -0.2) is 0 Å². The largest absolute Gasteiger partial charge is 0.385 e. The Balaban J connectivity index is 2.61. The third-order valence-corrected chi connectivity index (χ3v) is 4.44. The van der Waals surface area contributed by atoms with Crippen LogP contribution in [0.2, 0.25) is 26.0 Å². The van der Waals surface area contributed by atoms with E-state index in [1.54, 1.807) is 0 Å². The summed E-state index contributed by atoms with van der Waals surface area (Å²) in [5.41, 5.74) is 0. The molecule has 0 unspecified atom stereocenters. The summed E-state index contributed by atoms with van der Waals surface area (Å²) in [6, 6.07) is 0. The Kier molecular flexibility index (Phi) is 4.58. The first-order valence-corrected chi connectivity index (χ1v) is 7.55. The van der Waals surface area contributed by atoms with E-state index < -0.39 is 0 Å². The van der Waals surface area contributed by atoms with E-state index in [0.717, 1.165) is 0 Å². The van der Waals surface area contributed by atoms with Crippen molar-refractivity contribution in [1.29, 1.82) is 0 Å². The van der Waals surface area contributed by atoms with Crippen LogP contribution in [0.1, 0.15) is 13.8 Å². The van der Waals surface area contributed by atoms with Gasteiger partial charge in [-0.15, -0.1) is 0 Å². The van der Waals surface area contributed by atoms with Crippen LogP contribution in [-0.4, -0.2) is 35.0 Å². The molecular formula is C6H20B3N3Si. The lowest BCUT2D eigenvalue weighted by molar-refractivity contribution is 0.893. The molecule has 2 N–H and O–H groups in total. The van der Waals surface area contributed by atoms with Crippen LogP contribution in [0.3, 0.4) is 0 Å². The van der Waals surface area contributed by atoms with Crippen LogP contribution in [0.15, 0.2) is 0 Å². The van der Waals surface area contributed by atoms with E-state index in [1.807, 2.05) is 0 Å². The minimum Gasteiger partial charge on any atom is -0.385 e. The van der Waals surface area contributed by atoms with E-state index in [-0.39, 0.29) is 9.68 Å². The molecular weight excluding hydrogens is 175 g/mol. The Morgan fingerprint density at radius 2 is 1.62 bits per heavy atom. The third-order valence-electron chi connectivity index (χ3n) is 2.82. The molecule has 0 radical (unpaired) electrons. The maximum atomic E-state index is 3.58. The maximum absolute atomic E-state index is 3.58. The van der Waals surface area contributed by atoms with Gasteiger partial charge in [0.1, 0.15) is 0 Å². The zero-order chi connectivity index (χ0) is 9.84. The molecule has 1 rings (SSSR count). The molecule has 3 nitrogen and oxygen atoms in total. The molecule has 0 bridgehead atoms. The van der Waals surface area contributed by atoms with E-state index in [4.69, 9.17) is 0 Å². The second kappa shape index (κ2) is 5.24. The highest BCUT2D eigenvalue weighted by Crippen LogP contribution is 2.06. The first-order chi connectivity index (χ1) is 6.22. The van der Waals surface area contributed by atoms with E-state index in [2.05, 4.69) is 41.9 Å². The fourth-order valence-corrected chi connectivity index (χ4v) is 3.79. The van der Waals surface area contributed by atoms with E-state index >= 15 is 0 Å². The summed E-state index contributed by atoms with van der Waals surface area (Å²) in [6.45, 7) is 10.8. The van der Waals surface area contributed by atoms with Gasteiger partial charge in [0.15, 0.2) is 0 Å². The lowest BCUT2D eigenvalue weighted by Crippen LogP contribution is -2.75. The summed E-state index contributed by atoms with van der Waals surface area (Å²) in [6.07, 6.45) is 2.42. The van der Waals surface area contributed by atoms with E-state index in [0.29, 0.717) is 20.9 Å². The van der Waals surface area contributed by atoms with Gasteiger partial charge in [-0.1, -0.05) is 27.2 Å². The number of nitrogens with zero attached hydrogens (tertiary/aromatic N) is 1. The van der Waals surface area contributed by atoms with E-state index in [1.165, 1.54) is 12.6 Å². The molecule has 0 spiro atoms. The lowest BCUT2D eigenvalue weighted by atomic mass is 9.48. The van der Waals surface area contributed by atoms with Gasteiger partial charge in [-0.05, 0) is 12.6 Å². The number of nitrogens with one attached hydrogen (secondary N) is 2. The first kappa shape index (κ1) is 11.4. The predicted octanol–water partition coefficient (Wildman–Crippen LogP) is -0.253. The van der Waals surface area contributed by atoms with Crippen LogP contribution in [0.25, 0.3) is 0 Å². The Morgan fingerprint density at radius 1 is 1.15 bits per heavy atom. The topological polar surface area (TPSA) is 27.3 Å². The number of hydrogen-bond donors (Lipinski definition) is 2. The van der Waals surface area contributed by atoms with Crippen LogP contribution in [0.4, 0.5) is 0 Å². The molecule has 72 valence electrons. The van der Waals surface area contributed by atoms with Gasteiger partial charge < -0.3 is 14.7 Å². The summed E-state index contributed by atoms with van der Waals surface area (Å²) in [5.74, 6) is 0. The molecule has 0 aromatic carbocycles. The highest BCUT2D eigenvalue weighted by Gasteiger charge is 2.36. The second-order valence-corrected chi connectivity index (χ2v) is 5.10. The molecule has 0 atom stereocenters. The molecule has 1 fully saturated rings. The molecule has 0 amide bonds. The Labute approximate surface area is 85.7 Å². The van der Waals surface area contributed by atoms with Crippen molar-refractivity contribution in [2.45, 2.75) is 39.9 Å². The normalized spacial score (nSPS) is 20.8. The average Bonchev–Trinajstić information content (AvgIpc) is 2.16. The molecule has 0 aromatic rings. The van der Waals surface area contributed by atoms with Gasteiger partial charge in [-0.3, -0.25) is 0 Å². The summed E-state index contributed by atoms with van der Waals surface area (Å²) in [5, 5.41) is 7.16. The van der Waals surface area contributed by atoms with E-state index in [9.17, 15) is 0 Å². The predicted molar refractivity (Wildman–Crippen MR) is 66.6 cm³/mol. The van der Waals surface area contributed by atoms with Crippen LogP contribution >= 0.6 is 0 Å². The molecule has 1 saturated heterocycles. The summed E-state index contributed by atoms with van der Waals surface area (Å²) < 4.78 is 2.64. The SMILES string of the molecule is CCB1NB(C)NB(CC)N1[SiH2]C. The molecule has 0 aliphatic carbocycles. The minimum absolute atomic E-state index is 0.0630. The summed E-state index contributed by atoms with van der Waals surface area (Å²) >= 11 is 0. The van der Waals surface area contributed by atoms with Crippen molar-refractivity contribution < 1.29 is 0 Å². The quantitative estimate of drug-likeness (QED) is 0.607. The van der Waals surface area contributed by atoms with Crippen molar-refractivity contribution in [3.05, 3.63) is 0 Å². The molecule has 13 heavy (non-hydrogen) atoms. The lowest BCUT2D eigenvalue weighted by Gasteiger charge is -2.41. The van der Waals surface area contributed by atoms with Crippen LogP contribution in [-0.2, 0) is 0 Å². The van der Waals surface area contributed by atoms with Gasteiger partial charge in [0.05, 0.1) is 9.68 Å². The Morgan fingerprint density at radius 3 is 1.92 bits per heavy atom. The van der Waals surface area contributed by atoms with Crippen molar-refractivity contribution in [1.82, 2.24) is 14.7 Å². The third kappa shape index (κ3) is 2.62. The Bertz CT molecular complexity index is 148. The molecule has 0 aromatic heterocycles. The fraction of sp³-hybridized carbons (Fsp3) is 1.00. The standard InChI is InChI=1S/C6H20B3N3Si/c1-5-8-10-7(3)11-9(6-2)12(8)13-4/h10-11H,5-6,13H2,1-4H3. The molecule has 1 aliphatic rings. The van der Waals surface area contributed by atoms with Crippen molar-refractivity contribution in [3.63, 3.8) is 0 Å². The highest BCUT2D eigenvalue weighted by molar-refractivity contribution is 6.91. The molecule has 1 aliphatic heterocycles. The van der Waals surface area contributed by atoms with Gasteiger partial charge in [0.25, 0.3) is 20.9 Å². The van der Waals surface area contributed by atoms with Gasteiger partial charge in [0.2, 0.25) is 0 Å². The Hall–Kier alpha value is 0.292. The monoisotopic (exact) mass is 195 g/mol. The summed E-state index contributed by atoms with van der Waals surface area (Å²) in [7, 11) is -0.0630. The zero-order valence-electron chi connectivity index (χ0n) is 9.30. The number of rotatable bonds is 3. The highest BCUT2D eigenvalue weighted by atomic mass is 28.2. The van der Waals surface area contributed by atoms with Gasteiger partial charge >= 0.3 is 0 Å². The molecule has 1 heterocycles. The first-order valence-electron chi connectivity index (χ1n) is 5.50. The van der Waals surface area contributed by atoms with Crippen molar-refractivity contribution >= 4 is 30.6 Å². The second-order valence-electron chi connectivity index (χ2n) is 3.73. The average molecular weight is 195 g/mol. The van der Waals surface area contributed by atoms with Gasteiger partial charge in [-0.2, -0.15) is 0 Å². The molecule has 0 saturated carbocycles. The summed E-state index contributed by atoms with van der Waals surface area (Å²) in [4.78, 5) is 0. The minimum atomic E-state index is -0.0630. The smallest absolute Gasteiger partial charge is 0.281 e. The number of hydrogen-bond acceptors (Lipinski definition) is 3. The van der Waals surface area contributed by atoms with Crippen molar-refractivity contribution in [2.75, 3.05) is 0 Å². The van der Waals surface area contributed by atoms with Crippen molar-refractivity contribution in [2.24, 2.45) is 0 Å². The molecule has 7 heteroatoms. The van der Waals surface area contributed by atoms with Gasteiger partial charge in [0, 0.05) is 0 Å².